The van der Waals surface area contributed by atoms with Gasteiger partial charge in [0.2, 0.25) is 0 Å². The topological polar surface area (TPSA) is 73.2 Å². The first kappa shape index (κ1) is 15.8. The summed E-state index contributed by atoms with van der Waals surface area (Å²) >= 11 is 0. The van der Waals surface area contributed by atoms with E-state index >= 15 is 0 Å². The molecular formula is C17H21NO5. The lowest BCUT2D eigenvalue weighted by Crippen LogP contribution is -2.26. The normalized spacial score (nSPS) is 23.1. The number of hydrogen-bond donors (Lipinski definition) is 1. The van der Waals surface area contributed by atoms with Crippen molar-refractivity contribution in [2.75, 3.05) is 20.8 Å². The van der Waals surface area contributed by atoms with Gasteiger partial charge >= 0.3 is 0 Å². The molecule has 0 aliphatic carbocycles. The molecule has 2 heterocycles. The van der Waals surface area contributed by atoms with Gasteiger partial charge in [-0.25, -0.2) is 0 Å². The largest absolute Gasteiger partial charge is 0.496 e. The molecule has 2 aromatic rings. The van der Waals surface area contributed by atoms with Gasteiger partial charge in [0.25, 0.3) is 5.56 Å². The van der Waals surface area contributed by atoms with E-state index < -0.39 is 5.60 Å². The van der Waals surface area contributed by atoms with E-state index in [1.807, 2.05) is 25.1 Å². The fourth-order valence-electron chi connectivity index (χ4n) is 3.07. The van der Waals surface area contributed by atoms with Crippen molar-refractivity contribution in [2.24, 2.45) is 7.05 Å². The number of aromatic nitrogens is 1. The summed E-state index contributed by atoms with van der Waals surface area (Å²) in [5, 5.41) is 10.2. The molecule has 1 aromatic heterocycles. The second-order valence-corrected chi connectivity index (χ2v) is 6.01. The van der Waals surface area contributed by atoms with E-state index in [0.717, 1.165) is 5.39 Å². The highest BCUT2D eigenvalue weighted by Crippen LogP contribution is 2.40. The van der Waals surface area contributed by atoms with E-state index in [0.29, 0.717) is 29.0 Å². The van der Waals surface area contributed by atoms with E-state index in [-0.39, 0.29) is 18.3 Å². The molecule has 1 fully saturated rings. The molecule has 1 aromatic carbocycles. The lowest BCUT2D eigenvalue weighted by atomic mass is 10.00. The third kappa shape index (κ3) is 2.38. The second-order valence-electron chi connectivity index (χ2n) is 6.01. The molecular weight excluding hydrogens is 298 g/mol. The number of para-hydroxylation sites is 1. The molecule has 6 nitrogen and oxygen atoms in total. The molecule has 0 radical (unpaired) electrons. The van der Waals surface area contributed by atoms with Crippen LogP contribution in [0.15, 0.2) is 23.0 Å². The average molecular weight is 319 g/mol. The van der Waals surface area contributed by atoms with Crippen LogP contribution in [-0.4, -0.2) is 42.2 Å². The Hall–Kier alpha value is -2.05. The van der Waals surface area contributed by atoms with Crippen molar-refractivity contribution >= 4 is 10.9 Å². The number of epoxide rings is 1. The number of ether oxygens (including phenoxy) is 3. The van der Waals surface area contributed by atoms with Gasteiger partial charge in [-0.2, -0.15) is 0 Å². The highest BCUT2D eigenvalue weighted by atomic mass is 16.6. The Morgan fingerprint density at radius 2 is 2.09 bits per heavy atom. The number of aliphatic hydroxyl groups excluding tert-OH is 1. The van der Waals surface area contributed by atoms with Gasteiger partial charge < -0.3 is 23.9 Å². The van der Waals surface area contributed by atoms with Crippen LogP contribution < -0.4 is 15.0 Å². The molecule has 1 aliphatic heterocycles. The van der Waals surface area contributed by atoms with Crippen LogP contribution in [-0.2, 0) is 18.2 Å². The van der Waals surface area contributed by atoms with Crippen molar-refractivity contribution in [3.05, 3.63) is 34.1 Å². The second kappa shape index (κ2) is 5.54. The van der Waals surface area contributed by atoms with Crippen LogP contribution in [0.4, 0.5) is 0 Å². The summed E-state index contributed by atoms with van der Waals surface area (Å²) in [5.41, 5.74) is 0.536. The molecule has 1 N–H and O–H groups in total. The SMILES string of the molecule is COc1c(C[C@@H]2O[C@]2(C)CO)c(=O)n(C)c2c(OC)cccc12. The lowest BCUT2D eigenvalue weighted by Gasteiger charge is -2.16. The zero-order chi connectivity index (χ0) is 16.8. The van der Waals surface area contributed by atoms with Crippen LogP contribution in [0.25, 0.3) is 10.9 Å². The summed E-state index contributed by atoms with van der Waals surface area (Å²) in [6.07, 6.45) is 0.220. The summed E-state index contributed by atoms with van der Waals surface area (Å²) in [6.45, 7) is 1.76. The summed E-state index contributed by atoms with van der Waals surface area (Å²) in [4.78, 5) is 12.8. The number of nitrogens with zero attached hydrogens (tertiary/aromatic N) is 1. The maximum atomic E-state index is 12.8. The molecule has 0 saturated carbocycles. The molecule has 2 atom stereocenters. The van der Waals surface area contributed by atoms with E-state index in [2.05, 4.69) is 0 Å². The summed E-state index contributed by atoms with van der Waals surface area (Å²) in [7, 11) is 4.84. The van der Waals surface area contributed by atoms with Crippen LogP contribution in [0.1, 0.15) is 12.5 Å². The van der Waals surface area contributed by atoms with Crippen LogP contribution in [0, 0.1) is 0 Å². The number of aryl methyl sites for hydroxylation is 1. The predicted octanol–water partition coefficient (Wildman–Crippen LogP) is 1.25. The van der Waals surface area contributed by atoms with Crippen molar-refractivity contribution < 1.29 is 19.3 Å². The van der Waals surface area contributed by atoms with E-state index in [1.54, 1.807) is 25.8 Å². The molecule has 0 amide bonds. The standard InChI is InChI=1S/C17H21NO5/c1-17(9-19)13(23-17)8-11-15(22-4)10-6-5-7-12(21-3)14(10)18(2)16(11)20/h5-7,13,19H,8-9H2,1-4H3/t13-,17+/m0/s1. The number of fused-ring (bicyclic) bond motifs is 1. The fourth-order valence-corrected chi connectivity index (χ4v) is 3.07. The van der Waals surface area contributed by atoms with Crippen molar-refractivity contribution in [3.63, 3.8) is 0 Å². The molecule has 0 bridgehead atoms. The Bertz CT molecular complexity index is 813. The first-order chi connectivity index (χ1) is 11.0. The van der Waals surface area contributed by atoms with Gasteiger partial charge in [-0.3, -0.25) is 4.79 Å². The number of hydrogen-bond acceptors (Lipinski definition) is 5. The van der Waals surface area contributed by atoms with Gasteiger partial charge in [-0.05, 0) is 19.1 Å². The third-order valence-electron chi connectivity index (χ3n) is 4.58. The maximum Gasteiger partial charge on any atom is 0.257 e. The Morgan fingerprint density at radius 1 is 1.35 bits per heavy atom. The highest BCUT2D eigenvalue weighted by Gasteiger charge is 2.52. The Morgan fingerprint density at radius 3 is 2.65 bits per heavy atom. The first-order valence-electron chi connectivity index (χ1n) is 7.48. The molecule has 124 valence electrons. The van der Waals surface area contributed by atoms with Crippen LogP contribution in [0.2, 0.25) is 0 Å². The number of aliphatic hydroxyl groups is 1. The van der Waals surface area contributed by atoms with Gasteiger partial charge in [0.15, 0.2) is 0 Å². The van der Waals surface area contributed by atoms with Gasteiger partial charge in [0.1, 0.15) is 17.1 Å². The molecule has 0 spiro atoms. The Labute approximate surface area is 134 Å². The predicted molar refractivity (Wildman–Crippen MR) is 86.4 cm³/mol. The van der Waals surface area contributed by atoms with Crippen LogP contribution in [0.5, 0.6) is 11.5 Å². The molecule has 1 saturated heterocycles. The van der Waals surface area contributed by atoms with Crippen LogP contribution >= 0.6 is 0 Å². The Balaban J connectivity index is 2.19. The van der Waals surface area contributed by atoms with Crippen molar-refractivity contribution in [1.29, 1.82) is 0 Å². The number of pyridine rings is 1. The smallest absolute Gasteiger partial charge is 0.257 e. The molecule has 1 aliphatic rings. The first-order valence-corrected chi connectivity index (χ1v) is 7.48. The quantitative estimate of drug-likeness (QED) is 0.840. The minimum Gasteiger partial charge on any atom is -0.496 e. The van der Waals surface area contributed by atoms with Gasteiger partial charge in [-0.1, -0.05) is 6.07 Å². The van der Waals surface area contributed by atoms with E-state index in [4.69, 9.17) is 14.2 Å². The molecule has 6 heteroatoms. The van der Waals surface area contributed by atoms with Crippen molar-refractivity contribution in [2.45, 2.75) is 25.0 Å². The average Bonchev–Trinajstić information content (AvgIpc) is 3.22. The van der Waals surface area contributed by atoms with Gasteiger partial charge in [0, 0.05) is 18.9 Å². The van der Waals surface area contributed by atoms with Crippen molar-refractivity contribution in [3.8, 4) is 11.5 Å². The van der Waals surface area contributed by atoms with Gasteiger partial charge in [0.05, 0.1) is 38.0 Å². The summed E-state index contributed by atoms with van der Waals surface area (Å²) in [6, 6.07) is 5.58. The monoisotopic (exact) mass is 319 g/mol. The number of rotatable bonds is 5. The highest BCUT2D eigenvalue weighted by molar-refractivity contribution is 5.91. The summed E-state index contributed by atoms with van der Waals surface area (Å²) < 4.78 is 18.0. The molecule has 0 unspecified atom stereocenters. The minimum absolute atomic E-state index is 0.0678. The third-order valence-corrected chi connectivity index (χ3v) is 4.58. The zero-order valence-corrected chi connectivity index (χ0v) is 13.8. The number of methoxy groups -OCH3 is 2. The molecule has 3 rings (SSSR count). The Kier molecular flexibility index (Phi) is 3.82. The number of benzene rings is 1. The zero-order valence-electron chi connectivity index (χ0n) is 13.8. The molecule has 23 heavy (non-hydrogen) atoms. The minimum atomic E-state index is -0.570. The fraction of sp³-hybridized carbons (Fsp3) is 0.471. The van der Waals surface area contributed by atoms with Crippen molar-refractivity contribution in [1.82, 2.24) is 4.57 Å². The summed E-state index contributed by atoms with van der Waals surface area (Å²) in [5.74, 6) is 1.16. The van der Waals surface area contributed by atoms with E-state index in [9.17, 15) is 9.90 Å². The van der Waals surface area contributed by atoms with Crippen LogP contribution in [0.3, 0.4) is 0 Å². The van der Waals surface area contributed by atoms with Gasteiger partial charge in [-0.15, -0.1) is 0 Å². The lowest BCUT2D eigenvalue weighted by molar-refractivity contribution is 0.184. The van der Waals surface area contributed by atoms with E-state index in [1.165, 1.54) is 0 Å². The maximum absolute atomic E-state index is 12.8.